The zero-order chi connectivity index (χ0) is 10.6. The molecule has 14 heavy (non-hydrogen) atoms. The van der Waals surface area contributed by atoms with Crippen LogP contribution in [0.2, 0.25) is 0 Å². The molecular weight excluding hydrogens is 190 g/mol. The van der Waals surface area contributed by atoms with Gasteiger partial charge < -0.3 is 5.32 Å². The fraction of sp³-hybridized carbons (Fsp3) is 0.667. The molecule has 1 atom stereocenters. The average molecular weight is 211 g/mol. The quantitative estimate of drug-likeness (QED) is 0.785. The minimum Gasteiger partial charge on any atom is -0.309 e. The maximum absolute atomic E-state index is 3.61. The van der Waals surface area contributed by atoms with Crippen molar-refractivity contribution in [3.8, 4) is 0 Å². The highest BCUT2D eigenvalue weighted by Gasteiger charge is 2.09. The highest BCUT2D eigenvalue weighted by atomic mass is 32.1. The largest absolute Gasteiger partial charge is 0.309 e. The van der Waals surface area contributed by atoms with Crippen molar-refractivity contribution in [2.24, 2.45) is 5.92 Å². The molecule has 1 heterocycles. The van der Waals surface area contributed by atoms with Gasteiger partial charge in [-0.3, -0.25) is 0 Å². The first-order valence-electron chi connectivity index (χ1n) is 5.42. The Labute approximate surface area is 91.5 Å². The van der Waals surface area contributed by atoms with Crippen molar-refractivity contribution in [3.63, 3.8) is 0 Å². The molecule has 1 aromatic rings. The lowest BCUT2D eigenvalue weighted by atomic mass is 10.0. The van der Waals surface area contributed by atoms with Gasteiger partial charge >= 0.3 is 0 Å². The minimum atomic E-state index is 0.650. The normalized spacial score (nSPS) is 13.5. The first kappa shape index (κ1) is 11.7. The number of aryl methyl sites for hydroxylation is 1. The van der Waals surface area contributed by atoms with E-state index in [4.69, 9.17) is 0 Å². The number of hydrogen-bond acceptors (Lipinski definition) is 2. The standard InChI is InChI=1S/C12H21NS/c1-5-12(9(2)3)13-8-11-7-6-10(4)14-11/h6-7,9,12-13H,5,8H2,1-4H3. The van der Waals surface area contributed by atoms with Gasteiger partial charge in [0.25, 0.3) is 0 Å². The lowest BCUT2D eigenvalue weighted by Gasteiger charge is -2.20. The number of nitrogens with one attached hydrogen (secondary N) is 1. The molecule has 0 spiro atoms. The van der Waals surface area contributed by atoms with E-state index in [0.29, 0.717) is 6.04 Å². The fourth-order valence-electron chi connectivity index (χ4n) is 1.66. The molecule has 0 amide bonds. The topological polar surface area (TPSA) is 12.0 Å². The molecule has 1 rings (SSSR count). The second-order valence-corrected chi connectivity index (χ2v) is 5.52. The minimum absolute atomic E-state index is 0.650. The smallest absolute Gasteiger partial charge is 0.0302 e. The maximum atomic E-state index is 3.61. The molecule has 1 aromatic heterocycles. The third kappa shape index (κ3) is 3.43. The van der Waals surface area contributed by atoms with Crippen LogP contribution in [-0.2, 0) is 6.54 Å². The van der Waals surface area contributed by atoms with E-state index in [2.05, 4.69) is 45.1 Å². The summed E-state index contributed by atoms with van der Waals surface area (Å²) < 4.78 is 0. The highest BCUT2D eigenvalue weighted by molar-refractivity contribution is 7.11. The van der Waals surface area contributed by atoms with Crippen LogP contribution in [0.5, 0.6) is 0 Å². The lowest BCUT2D eigenvalue weighted by molar-refractivity contribution is 0.389. The molecule has 0 aliphatic heterocycles. The van der Waals surface area contributed by atoms with Gasteiger partial charge in [0.05, 0.1) is 0 Å². The van der Waals surface area contributed by atoms with Crippen LogP contribution in [-0.4, -0.2) is 6.04 Å². The summed E-state index contributed by atoms with van der Waals surface area (Å²) in [6.07, 6.45) is 1.21. The second kappa shape index (κ2) is 5.52. The predicted molar refractivity (Wildman–Crippen MR) is 64.8 cm³/mol. The SMILES string of the molecule is CCC(NCc1ccc(C)s1)C(C)C. The van der Waals surface area contributed by atoms with Gasteiger partial charge in [-0.15, -0.1) is 11.3 Å². The highest BCUT2D eigenvalue weighted by Crippen LogP contribution is 2.15. The summed E-state index contributed by atoms with van der Waals surface area (Å²) in [4.78, 5) is 2.85. The van der Waals surface area contributed by atoms with Crippen LogP contribution in [0.3, 0.4) is 0 Å². The Bertz CT molecular complexity index is 265. The van der Waals surface area contributed by atoms with Crippen molar-refractivity contribution in [3.05, 3.63) is 21.9 Å². The first-order valence-corrected chi connectivity index (χ1v) is 6.23. The summed E-state index contributed by atoms with van der Waals surface area (Å²) in [7, 11) is 0. The van der Waals surface area contributed by atoms with Crippen LogP contribution in [0.4, 0.5) is 0 Å². The van der Waals surface area contributed by atoms with Gasteiger partial charge in [0.15, 0.2) is 0 Å². The summed E-state index contributed by atoms with van der Waals surface area (Å²) in [6.45, 7) is 9.99. The molecule has 2 heteroatoms. The third-order valence-corrected chi connectivity index (χ3v) is 3.58. The molecular formula is C12H21NS. The molecule has 0 saturated carbocycles. The molecule has 80 valence electrons. The molecule has 0 aromatic carbocycles. The van der Waals surface area contributed by atoms with Gasteiger partial charge in [0.1, 0.15) is 0 Å². The Kier molecular flexibility index (Phi) is 4.63. The van der Waals surface area contributed by atoms with Crippen molar-refractivity contribution >= 4 is 11.3 Å². The van der Waals surface area contributed by atoms with E-state index in [1.165, 1.54) is 16.2 Å². The van der Waals surface area contributed by atoms with Crippen molar-refractivity contribution in [2.45, 2.75) is 46.7 Å². The Balaban J connectivity index is 2.39. The van der Waals surface area contributed by atoms with Crippen LogP contribution >= 0.6 is 11.3 Å². The van der Waals surface area contributed by atoms with E-state index in [1.54, 1.807) is 0 Å². The third-order valence-electron chi connectivity index (χ3n) is 2.58. The summed E-state index contributed by atoms with van der Waals surface area (Å²) in [5, 5.41) is 3.61. The summed E-state index contributed by atoms with van der Waals surface area (Å²) >= 11 is 1.89. The average Bonchev–Trinajstić information content (AvgIpc) is 2.52. The molecule has 1 N–H and O–H groups in total. The second-order valence-electron chi connectivity index (χ2n) is 4.15. The number of hydrogen-bond donors (Lipinski definition) is 1. The zero-order valence-electron chi connectivity index (χ0n) is 9.63. The van der Waals surface area contributed by atoms with Gasteiger partial charge in [-0.25, -0.2) is 0 Å². The molecule has 1 nitrogen and oxygen atoms in total. The van der Waals surface area contributed by atoms with Crippen molar-refractivity contribution in [1.82, 2.24) is 5.32 Å². The molecule has 0 fully saturated rings. The van der Waals surface area contributed by atoms with E-state index in [9.17, 15) is 0 Å². The Morgan fingerprint density at radius 2 is 2.07 bits per heavy atom. The van der Waals surface area contributed by atoms with E-state index >= 15 is 0 Å². The van der Waals surface area contributed by atoms with Gasteiger partial charge in [-0.2, -0.15) is 0 Å². The zero-order valence-corrected chi connectivity index (χ0v) is 10.4. The summed E-state index contributed by atoms with van der Waals surface area (Å²) in [6, 6.07) is 5.07. The van der Waals surface area contributed by atoms with Gasteiger partial charge in [0.2, 0.25) is 0 Å². The van der Waals surface area contributed by atoms with Crippen LogP contribution in [0.25, 0.3) is 0 Å². The lowest BCUT2D eigenvalue weighted by Crippen LogP contribution is -2.32. The molecule has 0 aliphatic rings. The van der Waals surface area contributed by atoms with E-state index < -0.39 is 0 Å². The number of rotatable bonds is 5. The van der Waals surface area contributed by atoms with Crippen LogP contribution < -0.4 is 5.32 Å². The van der Waals surface area contributed by atoms with E-state index in [1.807, 2.05) is 11.3 Å². The maximum Gasteiger partial charge on any atom is 0.0302 e. The molecule has 0 saturated heterocycles. The predicted octanol–water partition coefficient (Wildman–Crippen LogP) is 3.58. The van der Waals surface area contributed by atoms with Crippen LogP contribution in [0, 0.1) is 12.8 Å². The molecule has 0 aliphatic carbocycles. The monoisotopic (exact) mass is 211 g/mol. The Morgan fingerprint density at radius 1 is 1.36 bits per heavy atom. The van der Waals surface area contributed by atoms with Crippen LogP contribution in [0.1, 0.15) is 36.9 Å². The summed E-state index contributed by atoms with van der Waals surface area (Å²) in [5.41, 5.74) is 0. The van der Waals surface area contributed by atoms with E-state index in [-0.39, 0.29) is 0 Å². The van der Waals surface area contributed by atoms with Crippen molar-refractivity contribution < 1.29 is 0 Å². The van der Waals surface area contributed by atoms with Gasteiger partial charge in [-0.05, 0) is 31.4 Å². The molecule has 0 radical (unpaired) electrons. The molecule has 1 unspecified atom stereocenters. The van der Waals surface area contributed by atoms with Gasteiger partial charge in [-0.1, -0.05) is 20.8 Å². The van der Waals surface area contributed by atoms with Gasteiger partial charge in [0, 0.05) is 22.3 Å². The van der Waals surface area contributed by atoms with Crippen molar-refractivity contribution in [1.29, 1.82) is 0 Å². The molecule has 0 bridgehead atoms. The van der Waals surface area contributed by atoms with E-state index in [0.717, 1.165) is 12.5 Å². The van der Waals surface area contributed by atoms with Crippen LogP contribution in [0.15, 0.2) is 12.1 Å². The Hall–Kier alpha value is -0.340. The summed E-state index contributed by atoms with van der Waals surface area (Å²) in [5.74, 6) is 0.723. The fourth-order valence-corrected chi connectivity index (χ4v) is 2.50. The van der Waals surface area contributed by atoms with Crippen molar-refractivity contribution in [2.75, 3.05) is 0 Å². The Morgan fingerprint density at radius 3 is 2.50 bits per heavy atom. The number of thiophene rings is 1. The first-order chi connectivity index (χ1) is 6.63.